The van der Waals surface area contributed by atoms with Crippen LogP contribution < -0.4 is 0 Å². The van der Waals surface area contributed by atoms with E-state index in [1.807, 2.05) is 0 Å². The highest BCUT2D eigenvalue weighted by atomic mass is 16.4. The number of aromatic nitrogens is 3. The normalized spacial score (nSPS) is 11.2. The van der Waals surface area contributed by atoms with Crippen LogP contribution in [0.15, 0.2) is 12.7 Å². The SMILES string of the molecule is CC(C)(Cc1ncncn1)C(=O)O. The van der Waals surface area contributed by atoms with Gasteiger partial charge in [-0.05, 0) is 13.8 Å². The zero-order chi connectivity index (χ0) is 9.90. The Kier molecular flexibility index (Phi) is 2.55. The van der Waals surface area contributed by atoms with Gasteiger partial charge in [-0.1, -0.05) is 0 Å². The fraction of sp³-hybridized carbons (Fsp3) is 0.500. The number of carboxylic acid groups (broad SMARTS) is 1. The Hall–Kier alpha value is -1.52. The molecule has 0 saturated carbocycles. The van der Waals surface area contributed by atoms with Crippen molar-refractivity contribution in [2.45, 2.75) is 20.3 Å². The topological polar surface area (TPSA) is 76.0 Å². The summed E-state index contributed by atoms with van der Waals surface area (Å²) in [6.45, 7) is 3.28. The molecule has 0 aliphatic carbocycles. The van der Waals surface area contributed by atoms with Crippen LogP contribution in [-0.2, 0) is 11.2 Å². The second-order valence-corrected chi connectivity index (χ2v) is 3.42. The molecule has 1 rings (SSSR count). The molecule has 13 heavy (non-hydrogen) atoms. The quantitative estimate of drug-likeness (QED) is 0.735. The monoisotopic (exact) mass is 181 g/mol. The smallest absolute Gasteiger partial charge is 0.309 e. The lowest BCUT2D eigenvalue weighted by Gasteiger charge is -2.16. The lowest BCUT2D eigenvalue weighted by Crippen LogP contribution is -2.27. The summed E-state index contributed by atoms with van der Waals surface area (Å²) in [4.78, 5) is 22.1. The van der Waals surface area contributed by atoms with Gasteiger partial charge in [-0.2, -0.15) is 0 Å². The van der Waals surface area contributed by atoms with Crippen LogP contribution in [0.2, 0.25) is 0 Å². The first-order chi connectivity index (χ1) is 6.02. The van der Waals surface area contributed by atoms with Gasteiger partial charge in [0, 0.05) is 6.42 Å². The maximum absolute atomic E-state index is 10.8. The van der Waals surface area contributed by atoms with E-state index in [0.29, 0.717) is 12.2 Å². The number of aliphatic carboxylic acids is 1. The number of hydrogen-bond donors (Lipinski definition) is 1. The second kappa shape index (κ2) is 3.47. The summed E-state index contributed by atoms with van der Waals surface area (Å²) in [6.07, 6.45) is 3.03. The van der Waals surface area contributed by atoms with Gasteiger partial charge in [0.2, 0.25) is 0 Å². The zero-order valence-corrected chi connectivity index (χ0v) is 7.56. The molecular formula is C8H11N3O2. The van der Waals surface area contributed by atoms with Crippen molar-refractivity contribution in [1.82, 2.24) is 15.0 Å². The van der Waals surface area contributed by atoms with Gasteiger partial charge in [0.25, 0.3) is 0 Å². The molecule has 70 valence electrons. The summed E-state index contributed by atoms with van der Waals surface area (Å²) < 4.78 is 0. The van der Waals surface area contributed by atoms with Gasteiger partial charge < -0.3 is 5.11 Å². The molecule has 0 saturated heterocycles. The molecule has 0 aliphatic heterocycles. The van der Waals surface area contributed by atoms with Gasteiger partial charge in [-0.25, -0.2) is 15.0 Å². The minimum Gasteiger partial charge on any atom is -0.481 e. The third kappa shape index (κ3) is 2.47. The van der Waals surface area contributed by atoms with Crippen LogP contribution in [0.4, 0.5) is 0 Å². The summed E-state index contributed by atoms with van der Waals surface area (Å²) in [6, 6.07) is 0. The maximum Gasteiger partial charge on any atom is 0.309 e. The van der Waals surface area contributed by atoms with Crippen LogP contribution in [0.25, 0.3) is 0 Å². The van der Waals surface area contributed by atoms with Crippen LogP contribution in [0.5, 0.6) is 0 Å². The molecule has 0 aromatic carbocycles. The van der Waals surface area contributed by atoms with Gasteiger partial charge in [0.05, 0.1) is 5.41 Å². The van der Waals surface area contributed by atoms with Gasteiger partial charge in [0.15, 0.2) is 0 Å². The van der Waals surface area contributed by atoms with E-state index >= 15 is 0 Å². The highest BCUT2D eigenvalue weighted by Crippen LogP contribution is 2.19. The van der Waals surface area contributed by atoms with E-state index in [2.05, 4.69) is 15.0 Å². The van der Waals surface area contributed by atoms with Crippen LogP contribution in [0.1, 0.15) is 19.7 Å². The number of carbonyl (C=O) groups is 1. The van der Waals surface area contributed by atoms with Crippen molar-refractivity contribution < 1.29 is 9.90 Å². The maximum atomic E-state index is 10.8. The summed E-state index contributed by atoms with van der Waals surface area (Å²) in [7, 11) is 0. The molecule has 0 spiro atoms. The fourth-order valence-corrected chi connectivity index (χ4v) is 0.825. The minimum atomic E-state index is -0.854. The van der Waals surface area contributed by atoms with Gasteiger partial charge in [-0.15, -0.1) is 0 Å². The van der Waals surface area contributed by atoms with E-state index in [4.69, 9.17) is 5.11 Å². The Balaban J connectivity index is 2.75. The van der Waals surface area contributed by atoms with Gasteiger partial charge in [0.1, 0.15) is 18.5 Å². The van der Waals surface area contributed by atoms with Crippen molar-refractivity contribution >= 4 is 5.97 Å². The first-order valence-corrected chi connectivity index (χ1v) is 3.86. The summed E-state index contributed by atoms with van der Waals surface area (Å²) in [5, 5.41) is 8.83. The summed E-state index contributed by atoms with van der Waals surface area (Å²) in [5.74, 6) is -0.352. The molecule has 1 N–H and O–H groups in total. The molecule has 5 heteroatoms. The average molecular weight is 181 g/mol. The molecule has 0 amide bonds. The Morgan fingerprint density at radius 2 is 2.00 bits per heavy atom. The number of nitrogens with zero attached hydrogens (tertiary/aromatic N) is 3. The highest BCUT2D eigenvalue weighted by Gasteiger charge is 2.28. The van der Waals surface area contributed by atoms with Crippen LogP contribution >= 0.6 is 0 Å². The summed E-state index contributed by atoms with van der Waals surface area (Å²) in [5.41, 5.74) is -0.832. The number of hydrogen-bond acceptors (Lipinski definition) is 4. The predicted molar refractivity (Wildman–Crippen MR) is 44.9 cm³/mol. The predicted octanol–water partition coefficient (Wildman–Crippen LogP) is 0.525. The molecule has 1 aromatic rings. The molecule has 0 atom stereocenters. The number of rotatable bonds is 3. The first-order valence-electron chi connectivity index (χ1n) is 3.86. The standard InChI is InChI=1S/C8H11N3O2/c1-8(2,7(12)13)3-6-10-4-9-5-11-6/h4-5H,3H2,1-2H3,(H,12,13). The van der Waals surface area contributed by atoms with E-state index in [9.17, 15) is 4.79 Å². The molecule has 0 aliphatic rings. The lowest BCUT2D eigenvalue weighted by molar-refractivity contribution is -0.146. The third-order valence-electron chi connectivity index (χ3n) is 1.73. The average Bonchev–Trinajstić information content (AvgIpc) is 2.05. The fourth-order valence-electron chi connectivity index (χ4n) is 0.825. The zero-order valence-electron chi connectivity index (χ0n) is 7.56. The largest absolute Gasteiger partial charge is 0.481 e. The molecule has 0 radical (unpaired) electrons. The van der Waals surface area contributed by atoms with Crippen molar-refractivity contribution in [3.05, 3.63) is 18.5 Å². The van der Waals surface area contributed by atoms with Crippen molar-refractivity contribution in [2.75, 3.05) is 0 Å². The minimum absolute atomic E-state index is 0.310. The van der Waals surface area contributed by atoms with Gasteiger partial charge in [-0.3, -0.25) is 4.79 Å². The Morgan fingerprint density at radius 1 is 1.46 bits per heavy atom. The van der Waals surface area contributed by atoms with E-state index in [0.717, 1.165) is 0 Å². The van der Waals surface area contributed by atoms with Gasteiger partial charge >= 0.3 is 5.97 Å². The van der Waals surface area contributed by atoms with Crippen LogP contribution in [-0.4, -0.2) is 26.0 Å². The Morgan fingerprint density at radius 3 is 2.46 bits per heavy atom. The molecule has 1 heterocycles. The van der Waals surface area contributed by atoms with E-state index in [1.54, 1.807) is 13.8 Å². The highest BCUT2D eigenvalue weighted by molar-refractivity contribution is 5.73. The Labute approximate surface area is 75.9 Å². The van der Waals surface area contributed by atoms with Crippen molar-refractivity contribution in [2.24, 2.45) is 5.41 Å². The lowest BCUT2D eigenvalue weighted by atomic mass is 9.89. The first kappa shape index (κ1) is 9.57. The molecule has 0 fully saturated rings. The Bertz CT molecular complexity index is 298. The van der Waals surface area contributed by atoms with Crippen LogP contribution in [0.3, 0.4) is 0 Å². The molecular weight excluding hydrogens is 170 g/mol. The van der Waals surface area contributed by atoms with E-state index in [1.165, 1.54) is 12.7 Å². The van der Waals surface area contributed by atoms with E-state index < -0.39 is 11.4 Å². The van der Waals surface area contributed by atoms with Crippen molar-refractivity contribution in [3.63, 3.8) is 0 Å². The molecule has 5 nitrogen and oxygen atoms in total. The summed E-state index contributed by atoms with van der Waals surface area (Å²) >= 11 is 0. The van der Waals surface area contributed by atoms with Crippen molar-refractivity contribution in [3.8, 4) is 0 Å². The molecule has 0 bridgehead atoms. The third-order valence-corrected chi connectivity index (χ3v) is 1.73. The molecule has 1 aromatic heterocycles. The molecule has 0 unspecified atom stereocenters. The van der Waals surface area contributed by atoms with Crippen molar-refractivity contribution in [1.29, 1.82) is 0 Å². The van der Waals surface area contributed by atoms with Crippen LogP contribution in [0, 0.1) is 5.41 Å². The van der Waals surface area contributed by atoms with E-state index in [-0.39, 0.29) is 0 Å². The number of carboxylic acids is 1. The second-order valence-electron chi connectivity index (χ2n) is 3.42.